The van der Waals surface area contributed by atoms with Crippen LogP contribution >= 0.6 is 0 Å². The lowest BCUT2D eigenvalue weighted by Gasteiger charge is -2.13. The lowest BCUT2D eigenvalue weighted by Crippen LogP contribution is -2.54. The van der Waals surface area contributed by atoms with Crippen LogP contribution < -0.4 is 17.1 Å². The first-order valence-corrected chi connectivity index (χ1v) is 7.63. The van der Waals surface area contributed by atoms with Gasteiger partial charge in [-0.3, -0.25) is 0 Å². The highest BCUT2D eigenvalue weighted by molar-refractivity contribution is 5.30. The van der Waals surface area contributed by atoms with Crippen molar-refractivity contribution >= 4 is 0 Å². The van der Waals surface area contributed by atoms with Crippen molar-refractivity contribution < 1.29 is 0 Å². The van der Waals surface area contributed by atoms with Gasteiger partial charge < -0.3 is 0 Å². The van der Waals surface area contributed by atoms with Crippen molar-refractivity contribution in [1.29, 1.82) is 0 Å². The molecule has 0 aliphatic heterocycles. The highest BCUT2D eigenvalue weighted by Crippen LogP contribution is 2.10. The lowest BCUT2D eigenvalue weighted by atomic mass is 10.1. The van der Waals surface area contributed by atoms with Crippen LogP contribution in [0.4, 0.5) is 0 Å². The van der Waals surface area contributed by atoms with E-state index in [2.05, 4.69) is 13.2 Å². The molecule has 0 N–H and O–H groups in total. The first-order valence-electron chi connectivity index (χ1n) is 7.63. The van der Waals surface area contributed by atoms with Crippen molar-refractivity contribution in [3.05, 3.63) is 91.7 Å². The number of aryl methyl sites for hydroxylation is 2. The Morgan fingerprint density at radius 3 is 1.88 bits per heavy atom. The third-order valence-corrected chi connectivity index (χ3v) is 3.84. The van der Waals surface area contributed by atoms with Gasteiger partial charge in [0.15, 0.2) is 0 Å². The molecule has 126 valence electrons. The van der Waals surface area contributed by atoms with Crippen molar-refractivity contribution in [2.75, 3.05) is 0 Å². The van der Waals surface area contributed by atoms with Crippen molar-refractivity contribution in [1.82, 2.24) is 13.7 Å². The molecule has 6 heteroatoms. The van der Waals surface area contributed by atoms with E-state index in [0.717, 1.165) is 30.4 Å². The Labute approximate surface area is 139 Å². The van der Waals surface area contributed by atoms with Gasteiger partial charge >= 0.3 is 17.1 Å². The minimum atomic E-state index is -0.651. The van der Waals surface area contributed by atoms with Crippen LogP contribution in [-0.2, 0) is 19.6 Å². The summed E-state index contributed by atoms with van der Waals surface area (Å²) in [5, 5.41) is 0. The Kier molecular flexibility index (Phi) is 5.18. The van der Waals surface area contributed by atoms with Gasteiger partial charge in [-0.25, -0.2) is 28.1 Å². The molecule has 0 saturated carbocycles. The maximum absolute atomic E-state index is 12.6. The number of benzene rings is 1. The molecule has 1 heterocycles. The Hall–Kier alpha value is -2.89. The number of hydrogen-bond donors (Lipinski definition) is 0. The molecule has 0 amide bonds. The first kappa shape index (κ1) is 17.5. The largest absolute Gasteiger partial charge is 0.336 e. The van der Waals surface area contributed by atoms with Gasteiger partial charge in [0.1, 0.15) is 0 Å². The molecule has 6 nitrogen and oxygen atoms in total. The highest BCUT2D eigenvalue weighted by atomic mass is 16.2. The molecule has 0 spiro atoms. The first-order chi connectivity index (χ1) is 11.4. The molecule has 1 aromatic heterocycles. The Morgan fingerprint density at radius 1 is 0.875 bits per heavy atom. The van der Waals surface area contributed by atoms with Crippen LogP contribution in [-0.4, -0.2) is 13.7 Å². The third-order valence-electron chi connectivity index (χ3n) is 3.84. The normalized spacial score (nSPS) is 10.6. The van der Waals surface area contributed by atoms with Crippen LogP contribution in [0, 0.1) is 13.8 Å². The van der Waals surface area contributed by atoms with Crippen LogP contribution in [0.5, 0.6) is 0 Å². The molecule has 0 saturated heterocycles. The molecular weight excluding hydrogens is 306 g/mol. The summed E-state index contributed by atoms with van der Waals surface area (Å²) in [6.45, 7) is 11.2. The highest BCUT2D eigenvalue weighted by Gasteiger charge is 2.15. The quantitative estimate of drug-likeness (QED) is 0.749. The van der Waals surface area contributed by atoms with Gasteiger partial charge in [-0.2, -0.15) is 0 Å². The average molecular weight is 327 g/mol. The van der Waals surface area contributed by atoms with E-state index in [9.17, 15) is 14.4 Å². The summed E-state index contributed by atoms with van der Waals surface area (Å²) in [5.74, 6) is 0. The number of allylic oxidation sites excluding steroid dienone is 2. The number of rotatable bonds is 6. The van der Waals surface area contributed by atoms with E-state index in [0.29, 0.717) is 0 Å². The van der Waals surface area contributed by atoms with Crippen LogP contribution in [0.15, 0.2) is 57.9 Å². The van der Waals surface area contributed by atoms with E-state index in [1.165, 1.54) is 12.2 Å². The minimum absolute atomic E-state index is 0.0435. The predicted molar refractivity (Wildman–Crippen MR) is 94.6 cm³/mol. The van der Waals surface area contributed by atoms with E-state index >= 15 is 0 Å². The zero-order chi connectivity index (χ0) is 17.9. The summed E-state index contributed by atoms with van der Waals surface area (Å²) >= 11 is 0. The van der Waals surface area contributed by atoms with E-state index in [1.54, 1.807) is 0 Å². The van der Waals surface area contributed by atoms with Crippen molar-refractivity contribution in [2.24, 2.45) is 0 Å². The SMILES string of the molecule is C=CCn1c(=O)n(CC=C)c(=O)n(Cc2cc(C)ccc2C)c1=O. The van der Waals surface area contributed by atoms with Crippen LogP contribution in [0.2, 0.25) is 0 Å². The maximum Gasteiger partial charge on any atom is 0.336 e. The van der Waals surface area contributed by atoms with Gasteiger partial charge in [0.05, 0.1) is 19.6 Å². The third kappa shape index (κ3) is 3.22. The molecule has 0 unspecified atom stereocenters. The molecule has 1 aromatic carbocycles. The smallest absolute Gasteiger partial charge is 0.247 e. The van der Waals surface area contributed by atoms with Gasteiger partial charge in [0.2, 0.25) is 0 Å². The van der Waals surface area contributed by atoms with Gasteiger partial charge in [0.25, 0.3) is 0 Å². The maximum atomic E-state index is 12.6. The Balaban J connectivity index is 2.73. The fourth-order valence-corrected chi connectivity index (χ4v) is 2.53. The topological polar surface area (TPSA) is 66.0 Å². The summed E-state index contributed by atoms with van der Waals surface area (Å²) in [6, 6.07) is 5.84. The minimum Gasteiger partial charge on any atom is -0.247 e. The molecule has 0 aliphatic carbocycles. The molecule has 24 heavy (non-hydrogen) atoms. The van der Waals surface area contributed by atoms with Gasteiger partial charge in [0, 0.05) is 0 Å². The second-order valence-corrected chi connectivity index (χ2v) is 5.66. The van der Waals surface area contributed by atoms with E-state index in [-0.39, 0.29) is 19.6 Å². The molecule has 2 rings (SSSR count). The predicted octanol–water partition coefficient (Wildman–Crippen LogP) is 1.21. The summed E-state index contributed by atoms with van der Waals surface area (Å²) < 4.78 is 3.09. The number of aromatic nitrogens is 3. The fourth-order valence-electron chi connectivity index (χ4n) is 2.53. The Morgan fingerprint density at radius 2 is 1.38 bits per heavy atom. The van der Waals surface area contributed by atoms with E-state index in [1.807, 2.05) is 32.0 Å². The second kappa shape index (κ2) is 7.12. The van der Waals surface area contributed by atoms with Crippen molar-refractivity contribution in [2.45, 2.75) is 33.5 Å². The number of nitrogens with zero attached hydrogens (tertiary/aromatic N) is 3. The summed E-state index contributed by atoms with van der Waals surface area (Å²) in [5.41, 5.74) is 0.959. The molecular formula is C18H21N3O3. The molecule has 2 aromatic rings. The molecule has 0 atom stereocenters. The van der Waals surface area contributed by atoms with E-state index < -0.39 is 17.1 Å². The van der Waals surface area contributed by atoms with Crippen LogP contribution in [0.1, 0.15) is 16.7 Å². The zero-order valence-corrected chi connectivity index (χ0v) is 14.0. The molecule has 0 bridgehead atoms. The van der Waals surface area contributed by atoms with E-state index in [4.69, 9.17) is 0 Å². The lowest BCUT2D eigenvalue weighted by molar-refractivity contribution is 0.498. The van der Waals surface area contributed by atoms with Crippen molar-refractivity contribution in [3.8, 4) is 0 Å². The van der Waals surface area contributed by atoms with Crippen LogP contribution in [0.25, 0.3) is 0 Å². The van der Waals surface area contributed by atoms with Crippen LogP contribution in [0.3, 0.4) is 0 Å². The fraction of sp³-hybridized carbons (Fsp3) is 0.278. The summed E-state index contributed by atoms with van der Waals surface area (Å²) in [4.78, 5) is 37.5. The molecule has 0 radical (unpaired) electrons. The summed E-state index contributed by atoms with van der Waals surface area (Å²) in [6.07, 6.45) is 2.90. The molecule has 0 aliphatic rings. The monoisotopic (exact) mass is 327 g/mol. The van der Waals surface area contributed by atoms with Gasteiger partial charge in [-0.1, -0.05) is 35.9 Å². The molecule has 0 fully saturated rings. The zero-order valence-electron chi connectivity index (χ0n) is 14.0. The second-order valence-electron chi connectivity index (χ2n) is 5.66. The standard InChI is InChI=1S/C18H21N3O3/c1-5-9-19-16(22)20(10-6-2)18(24)21(17(19)23)12-15-11-13(3)7-8-14(15)4/h5-8,11H,1-2,9-10,12H2,3-4H3. The van der Waals surface area contributed by atoms with Crippen molar-refractivity contribution in [3.63, 3.8) is 0 Å². The Bertz CT molecular complexity index is 913. The average Bonchev–Trinajstić information content (AvgIpc) is 2.55. The van der Waals surface area contributed by atoms with Gasteiger partial charge in [-0.05, 0) is 25.0 Å². The van der Waals surface area contributed by atoms with Gasteiger partial charge in [-0.15, -0.1) is 13.2 Å². The summed E-state index contributed by atoms with van der Waals surface area (Å²) in [7, 11) is 0. The number of hydrogen-bond acceptors (Lipinski definition) is 3.